The molecular formula is C15H15NO2S2. The predicted molar refractivity (Wildman–Crippen MR) is 83.4 cm³/mol. The summed E-state index contributed by atoms with van der Waals surface area (Å²) in [6.45, 7) is 1.84. The largest absolute Gasteiger partial charge is 0.495 e. The first-order valence-corrected chi connectivity index (χ1v) is 7.91. The van der Waals surface area contributed by atoms with E-state index in [9.17, 15) is 0 Å². The van der Waals surface area contributed by atoms with Crippen molar-refractivity contribution in [3.05, 3.63) is 40.4 Å². The molecule has 1 N–H and O–H groups in total. The second kappa shape index (κ2) is 7.34. The van der Waals surface area contributed by atoms with Crippen molar-refractivity contribution < 1.29 is 9.84 Å². The molecule has 20 heavy (non-hydrogen) atoms. The van der Waals surface area contributed by atoms with Crippen LogP contribution in [0.25, 0.3) is 0 Å². The van der Waals surface area contributed by atoms with Gasteiger partial charge in [-0.2, -0.15) is 0 Å². The minimum atomic E-state index is -0.152. The Hall–Kier alpha value is -1.48. The zero-order valence-electron chi connectivity index (χ0n) is 11.3. The SMILES string of the molecule is COc1ccc(CSc2nc(C)cs2)cc1C#CCO. The molecule has 0 saturated carbocycles. The number of aliphatic hydroxyl groups is 1. The number of nitrogens with zero attached hydrogens (tertiary/aromatic N) is 1. The molecule has 0 saturated heterocycles. The van der Waals surface area contributed by atoms with Crippen LogP contribution in [0.4, 0.5) is 0 Å². The van der Waals surface area contributed by atoms with Crippen LogP contribution >= 0.6 is 23.1 Å². The van der Waals surface area contributed by atoms with E-state index in [1.807, 2.05) is 25.1 Å². The van der Waals surface area contributed by atoms with E-state index in [1.54, 1.807) is 30.2 Å². The second-order valence-corrected chi connectivity index (χ2v) is 6.12. The maximum Gasteiger partial charge on any atom is 0.150 e. The van der Waals surface area contributed by atoms with Crippen molar-refractivity contribution in [2.45, 2.75) is 17.0 Å². The van der Waals surface area contributed by atoms with Crippen molar-refractivity contribution in [2.75, 3.05) is 13.7 Å². The van der Waals surface area contributed by atoms with Gasteiger partial charge >= 0.3 is 0 Å². The highest BCUT2D eigenvalue weighted by Gasteiger charge is 2.04. The van der Waals surface area contributed by atoms with Crippen molar-refractivity contribution in [3.8, 4) is 17.6 Å². The molecule has 1 aromatic carbocycles. The molecule has 0 radical (unpaired) electrons. The summed E-state index contributed by atoms with van der Waals surface area (Å²) in [6, 6.07) is 5.93. The molecule has 3 nitrogen and oxygen atoms in total. The van der Waals surface area contributed by atoms with E-state index >= 15 is 0 Å². The summed E-state index contributed by atoms with van der Waals surface area (Å²) in [6.07, 6.45) is 0. The van der Waals surface area contributed by atoms with Gasteiger partial charge in [0.15, 0.2) is 0 Å². The van der Waals surface area contributed by atoms with Crippen LogP contribution in [-0.4, -0.2) is 23.8 Å². The standard InChI is InChI=1S/C15H15NO2S2/c1-11-9-19-15(16-11)20-10-12-5-6-14(18-2)13(8-12)4-3-7-17/h5-6,8-9,17H,7,10H2,1-2H3. The van der Waals surface area contributed by atoms with Gasteiger partial charge in [-0.3, -0.25) is 0 Å². The summed E-state index contributed by atoms with van der Waals surface area (Å²) in [5.41, 5.74) is 3.02. The minimum absolute atomic E-state index is 0.152. The van der Waals surface area contributed by atoms with Gasteiger partial charge in [0.25, 0.3) is 0 Å². The molecular weight excluding hydrogens is 290 g/mol. The van der Waals surface area contributed by atoms with Gasteiger partial charge in [0, 0.05) is 16.8 Å². The van der Waals surface area contributed by atoms with Gasteiger partial charge in [-0.05, 0) is 24.6 Å². The lowest BCUT2D eigenvalue weighted by atomic mass is 10.1. The lowest BCUT2D eigenvalue weighted by Gasteiger charge is -2.06. The summed E-state index contributed by atoms with van der Waals surface area (Å²) >= 11 is 3.37. The highest BCUT2D eigenvalue weighted by molar-refractivity contribution is 8.00. The summed E-state index contributed by atoms with van der Waals surface area (Å²) in [5, 5.41) is 10.8. The first-order chi connectivity index (χ1) is 9.72. The molecule has 0 bridgehead atoms. The van der Waals surface area contributed by atoms with E-state index in [4.69, 9.17) is 9.84 Å². The van der Waals surface area contributed by atoms with E-state index in [0.717, 1.165) is 32.7 Å². The smallest absolute Gasteiger partial charge is 0.150 e. The number of hydrogen-bond acceptors (Lipinski definition) is 5. The number of benzene rings is 1. The fourth-order valence-electron chi connectivity index (χ4n) is 1.62. The number of hydrogen-bond donors (Lipinski definition) is 1. The second-order valence-electron chi connectivity index (χ2n) is 4.04. The molecule has 0 amide bonds. The van der Waals surface area contributed by atoms with Gasteiger partial charge in [0.05, 0.1) is 12.7 Å². The Balaban J connectivity index is 2.12. The zero-order chi connectivity index (χ0) is 14.4. The fraction of sp³-hybridized carbons (Fsp3) is 0.267. The van der Waals surface area contributed by atoms with Gasteiger partial charge in [0.1, 0.15) is 16.7 Å². The number of thiazole rings is 1. The first kappa shape index (κ1) is 14.9. The Kier molecular flexibility index (Phi) is 5.48. The summed E-state index contributed by atoms with van der Waals surface area (Å²) < 4.78 is 6.33. The maximum atomic E-state index is 8.79. The van der Waals surface area contributed by atoms with Crippen LogP contribution < -0.4 is 4.74 Å². The topological polar surface area (TPSA) is 42.4 Å². The Morgan fingerprint density at radius 1 is 1.45 bits per heavy atom. The highest BCUT2D eigenvalue weighted by atomic mass is 32.2. The molecule has 1 aromatic heterocycles. The molecule has 0 fully saturated rings. The number of ether oxygens (including phenoxy) is 1. The molecule has 104 valence electrons. The number of aryl methyl sites for hydroxylation is 1. The molecule has 0 atom stereocenters. The van der Waals surface area contributed by atoms with Gasteiger partial charge in [-0.15, -0.1) is 11.3 Å². The van der Waals surface area contributed by atoms with Gasteiger partial charge in [-0.25, -0.2) is 4.98 Å². The van der Waals surface area contributed by atoms with E-state index in [-0.39, 0.29) is 6.61 Å². The normalized spacial score (nSPS) is 9.95. The number of aromatic nitrogens is 1. The van der Waals surface area contributed by atoms with Crippen LogP contribution in [0.2, 0.25) is 0 Å². The molecule has 0 aliphatic rings. The maximum absolute atomic E-state index is 8.79. The lowest BCUT2D eigenvalue weighted by molar-refractivity contribution is 0.350. The van der Waals surface area contributed by atoms with Crippen LogP contribution in [0.1, 0.15) is 16.8 Å². The number of methoxy groups -OCH3 is 1. The number of thioether (sulfide) groups is 1. The highest BCUT2D eigenvalue weighted by Crippen LogP contribution is 2.28. The van der Waals surface area contributed by atoms with Crippen molar-refractivity contribution in [3.63, 3.8) is 0 Å². The first-order valence-electron chi connectivity index (χ1n) is 6.04. The predicted octanol–water partition coefficient (Wildman–Crippen LogP) is 3.10. The quantitative estimate of drug-likeness (QED) is 0.696. The molecule has 0 aliphatic heterocycles. The van der Waals surface area contributed by atoms with Crippen LogP contribution in [0.15, 0.2) is 27.9 Å². The summed E-state index contributed by atoms with van der Waals surface area (Å²) in [7, 11) is 1.62. The third kappa shape index (κ3) is 4.01. The zero-order valence-corrected chi connectivity index (χ0v) is 13.0. The summed E-state index contributed by atoms with van der Waals surface area (Å²) in [4.78, 5) is 4.43. The van der Waals surface area contributed by atoms with E-state index in [2.05, 4.69) is 22.2 Å². The van der Waals surface area contributed by atoms with Crippen LogP contribution in [0.5, 0.6) is 5.75 Å². The number of rotatable bonds is 4. The molecule has 0 unspecified atom stereocenters. The molecule has 5 heteroatoms. The summed E-state index contributed by atoms with van der Waals surface area (Å²) in [5.74, 6) is 7.13. The average Bonchev–Trinajstić information content (AvgIpc) is 2.88. The minimum Gasteiger partial charge on any atom is -0.495 e. The number of aliphatic hydroxyl groups excluding tert-OH is 1. The van der Waals surface area contributed by atoms with Crippen molar-refractivity contribution >= 4 is 23.1 Å². The van der Waals surface area contributed by atoms with Gasteiger partial charge < -0.3 is 9.84 Å². The van der Waals surface area contributed by atoms with Crippen LogP contribution in [0.3, 0.4) is 0 Å². The van der Waals surface area contributed by atoms with Crippen molar-refractivity contribution in [1.29, 1.82) is 0 Å². The Bertz CT molecular complexity index is 641. The Morgan fingerprint density at radius 3 is 2.95 bits per heavy atom. The van der Waals surface area contributed by atoms with Crippen LogP contribution in [0, 0.1) is 18.8 Å². The Morgan fingerprint density at radius 2 is 2.30 bits per heavy atom. The molecule has 0 spiro atoms. The monoisotopic (exact) mass is 305 g/mol. The lowest BCUT2D eigenvalue weighted by Crippen LogP contribution is -1.90. The van der Waals surface area contributed by atoms with Crippen molar-refractivity contribution in [2.24, 2.45) is 0 Å². The molecule has 2 aromatic rings. The van der Waals surface area contributed by atoms with Crippen molar-refractivity contribution in [1.82, 2.24) is 4.98 Å². The van der Waals surface area contributed by atoms with E-state index in [0.29, 0.717) is 0 Å². The molecule has 0 aliphatic carbocycles. The third-order valence-corrected chi connectivity index (χ3v) is 4.74. The third-order valence-electron chi connectivity index (χ3n) is 2.53. The Labute approximate surface area is 127 Å². The van der Waals surface area contributed by atoms with Gasteiger partial charge in [-0.1, -0.05) is 29.7 Å². The molecule has 1 heterocycles. The van der Waals surface area contributed by atoms with Gasteiger partial charge in [0.2, 0.25) is 0 Å². The average molecular weight is 305 g/mol. The van der Waals surface area contributed by atoms with E-state index < -0.39 is 0 Å². The van der Waals surface area contributed by atoms with E-state index in [1.165, 1.54) is 0 Å². The van der Waals surface area contributed by atoms with Crippen LogP contribution in [-0.2, 0) is 5.75 Å². The molecule has 2 rings (SSSR count). The fourth-order valence-corrected chi connectivity index (χ4v) is 3.41.